The second-order valence-electron chi connectivity index (χ2n) is 5.85. The zero-order valence-electron chi connectivity index (χ0n) is 10.9. The fourth-order valence-corrected chi connectivity index (χ4v) is 3.29. The Bertz CT molecular complexity index is 441. The van der Waals surface area contributed by atoms with Gasteiger partial charge >= 0.3 is 0 Å². The van der Waals surface area contributed by atoms with Gasteiger partial charge in [0.2, 0.25) is 0 Å². The molecule has 0 spiro atoms. The molecule has 0 aliphatic carbocycles. The molecule has 1 fully saturated rings. The first-order valence-corrected chi connectivity index (χ1v) is 6.58. The van der Waals surface area contributed by atoms with E-state index in [1.165, 1.54) is 16.7 Å². The summed E-state index contributed by atoms with van der Waals surface area (Å²) in [4.78, 5) is 0. The van der Waals surface area contributed by atoms with Crippen molar-refractivity contribution in [2.45, 2.75) is 44.8 Å². The van der Waals surface area contributed by atoms with Crippen LogP contribution in [-0.2, 0) is 11.3 Å². The number of ether oxygens (including phenoxy) is 1. The van der Waals surface area contributed by atoms with E-state index in [9.17, 15) is 0 Å². The fourth-order valence-electron chi connectivity index (χ4n) is 3.29. The lowest BCUT2D eigenvalue weighted by Crippen LogP contribution is -2.40. The molecular formula is C15H21NO. The quantitative estimate of drug-likeness (QED) is 0.802. The fraction of sp³-hybridized carbons (Fsp3) is 0.600. The highest BCUT2D eigenvalue weighted by Crippen LogP contribution is 2.43. The molecule has 2 heterocycles. The molecule has 2 atom stereocenters. The van der Waals surface area contributed by atoms with E-state index in [2.05, 4.69) is 44.3 Å². The molecule has 1 saturated heterocycles. The lowest BCUT2D eigenvalue weighted by Gasteiger charge is -2.38. The van der Waals surface area contributed by atoms with E-state index in [4.69, 9.17) is 4.74 Å². The highest BCUT2D eigenvalue weighted by atomic mass is 16.5. The van der Waals surface area contributed by atoms with Gasteiger partial charge in [0.15, 0.2) is 0 Å². The zero-order chi connectivity index (χ0) is 12.0. The maximum atomic E-state index is 6.14. The highest BCUT2D eigenvalue weighted by molar-refractivity contribution is 5.42. The Hall–Kier alpha value is -0.860. The minimum Gasteiger partial charge on any atom is -0.369 e. The molecule has 1 aromatic carbocycles. The van der Waals surface area contributed by atoms with Crippen LogP contribution < -0.4 is 5.32 Å². The maximum Gasteiger partial charge on any atom is 0.0863 e. The van der Waals surface area contributed by atoms with Crippen LogP contribution in [0.2, 0.25) is 0 Å². The van der Waals surface area contributed by atoms with Crippen LogP contribution in [0.4, 0.5) is 0 Å². The van der Waals surface area contributed by atoms with Gasteiger partial charge in [-0.05, 0) is 29.5 Å². The Morgan fingerprint density at radius 2 is 2.24 bits per heavy atom. The molecule has 3 rings (SSSR count). The molecule has 0 bridgehead atoms. The van der Waals surface area contributed by atoms with Gasteiger partial charge in [-0.15, -0.1) is 0 Å². The SMILES string of the molecule is CC(C)c1cccc2c1COC1(C)CNCC21. The summed E-state index contributed by atoms with van der Waals surface area (Å²) in [6.07, 6.45) is 0. The smallest absolute Gasteiger partial charge is 0.0863 e. The number of hydrogen-bond donors (Lipinski definition) is 1. The summed E-state index contributed by atoms with van der Waals surface area (Å²) in [7, 11) is 0. The van der Waals surface area contributed by atoms with Crippen LogP contribution in [-0.4, -0.2) is 18.7 Å². The van der Waals surface area contributed by atoms with E-state index >= 15 is 0 Å². The molecule has 1 aromatic rings. The molecule has 0 aromatic heterocycles. The van der Waals surface area contributed by atoms with Gasteiger partial charge < -0.3 is 10.1 Å². The van der Waals surface area contributed by atoms with Gasteiger partial charge in [-0.1, -0.05) is 32.0 Å². The molecule has 2 heteroatoms. The monoisotopic (exact) mass is 231 g/mol. The van der Waals surface area contributed by atoms with Crippen LogP contribution in [0.5, 0.6) is 0 Å². The van der Waals surface area contributed by atoms with Crippen molar-refractivity contribution in [1.82, 2.24) is 5.32 Å². The first kappa shape index (κ1) is 11.2. The van der Waals surface area contributed by atoms with Crippen molar-refractivity contribution in [3.05, 3.63) is 34.9 Å². The van der Waals surface area contributed by atoms with Gasteiger partial charge in [0, 0.05) is 19.0 Å². The molecule has 0 saturated carbocycles. The Labute approximate surface area is 103 Å². The second kappa shape index (κ2) is 3.82. The molecular weight excluding hydrogens is 210 g/mol. The van der Waals surface area contributed by atoms with Gasteiger partial charge in [0.05, 0.1) is 12.2 Å². The van der Waals surface area contributed by atoms with Crippen LogP contribution in [0.3, 0.4) is 0 Å². The van der Waals surface area contributed by atoms with Crippen molar-refractivity contribution in [2.75, 3.05) is 13.1 Å². The van der Waals surface area contributed by atoms with E-state index in [1.54, 1.807) is 0 Å². The average Bonchev–Trinajstić information content (AvgIpc) is 2.70. The molecule has 1 N–H and O–H groups in total. The van der Waals surface area contributed by atoms with E-state index < -0.39 is 0 Å². The van der Waals surface area contributed by atoms with Gasteiger partial charge in [0.1, 0.15) is 0 Å². The zero-order valence-corrected chi connectivity index (χ0v) is 10.9. The summed E-state index contributed by atoms with van der Waals surface area (Å²) >= 11 is 0. The molecule has 17 heavy (non-hydrogen) atoms. The van der Waals surface area contributed by atoms with Crippen LogP contribution in [0.1, 0.15) is 49.3 Å². The standard InChI is InChI=1S/C15H21NO/c1-10(2)11-5-4-6-12-13(11)8-17-15(3)9-16-7-14(12)15/h4-6,10,14,16H,7-9H2,1-3H3. The van der Waals surface area contributed by atoms with E-state index in [-0.39, 0.29) is 5.60 Å². The average molecular weight is 231 g/mol. The minimum atomic E-state index is 0.00258. The van der Waals surface area contributed by atoms with E-state index in [0.717, 1.165) is 19.7 Å². The third-order valence-electron chi connectivity index (χ3n) is 4.35. The van der Waals surface area contributed by atoms with Crippen LogP contribution in [0, 0.1) is 0 Å². The largest absolute Gasteiger partial charge is 0.369 e. The van der Waals surface area contributed by atoms with Gasteiger partial charge in [-0.3, -0.25) is 0 Å². The normalized spacial score (nSPS) is 31.4. The third-order valence-corrected chi connectivity index (χ3v) is 4.35. The lowest BCUT2D eigenvalue weighted by molar-refractivity contribution is -0.0522. The maximum absolute atomic E-state index is 6.14. The Balaban J connectivity index is 2.10. The molecule has 2 nitrogen and oxygen atoms in total. The first-order valence-electron chi connectivity index (χ1n) is 6.58. The Morgan fingerprint density at radius 1 is 1.41 bits per heavy atom. The number of nitrogens with one attached hydrogen (secondary N) is 1. The van der Waals surface area contributed by atoms with Crippen molar-refractivity contribution in [2.24, 2.45) is 0 Å². The molecule has 0 radical (unpaired) electrons. The third kappa shape index (κ3) is 1.62. The second-order valence-corrected chi connectivity index (χ2v) is 5.85. The Morgan fingerprint density at radius 3 is 3.00 bits per heavy atom. The first-order chi connectivity index (χ1) is 8.12. The summed E-state index contributed by atoms with van der Waals surface area (Å²) < 4.78 is 6.14. The van der Waals surface area contributed by atoms with E-state index in [0.29, 0.717) is 11.8 Å². The van der Waals surface area contributed by atoms with Crippen molar-refractivity contribution >= 4 is 0 Å². The van der Waals surface area contributed by atoms with Crippen LogP contribution in [0.15, 0.2) is 18.2 Å². The van der Waals surface area contributed by atoms with Gasteiger partial charge in [-0.2, -0.15) is 0 Å². The van der Waals surface area contributed by atoms with Gasteiger partial charge in [-0.25, -0.2) is 0 Å². The summed E-state index contributed by atoms with van der Waals surface area (Å²) in [5.41, 5.74) is 4.41. The van der Waals surface area contributed by atoms with Crippen molar-refractivity contribution in [1.29, 1.82) is 0 Å². The minimum absolute atomic E-state index is 0.00258. The molecule has 2 unspecified atom stereocenters. The predicted molar refractivity (Wildman–Crippen MR) is 69.3 cm³/mol. The molecule has 2 aliphatic rings. The molecule has 92 valence electrons. The summed E-state index contributed by atoms with van der Waals surface area (Å²) in [6.45, 7) is 9.56. The number of hydrogen-bond acceptors (Lipinski definition) is 2. The highest BCUT2D eigenvalue weighted by Gasteiger charge is 2.44. The summed E-state index contributed by atoms with van der Waals surface area (Å²) in [6, 6.07) is 6.75. The summed E-state index contributed by atoms with van der Waals surface area (Å²) in [5.74, 6) is 1.09. The van der Waals surface area contributed by atoms with Crippen molar-refractivity contribution < 1.29 is 4.74 Å². The van der Waals surface area contributed by atoms with Crippen LogP contribution in [0.25, 0.3) is 0 Å². The van der Waals surface area contributed by atoms with Crippen molar-refractivity contribution in [3.8, 4) is 0 Å². The number of fused-ring (bicyclic) bond motifs is 3. The van der Waals surface area contributed by atoms with Gasteiger partial charge in [0.25, 0.3) is 0 Å². The predicted octanol–water partition coefficient (Wildman–Crippen LogP) is 2.79. The Kier molecular flexibility index (Phi) is 2.53. The lowest BCUT2D eigenvalue weighted by atomic mass is 9.79. The molecule has 0 amide bonds. The van der Waals surface area contributed by atoms with E-state index in [1.807, 2.05) is 0 Å². The topological polar surface area (TPSA) is 21.3 Å². The molecule has 2 aliphatic heterocycles. The van der Waals surface area contributed by atoms with Crippen LogP contribution >= 0.6 is 0 Å². The number of benzene rings is 1. The number of rotatable bonds is 1. The summed E-state index contributed by atoms with van der Waals surface area (Å²) in [5, 5.41) is 3.47. The van der Waals surface area contributed by atoms with Crippen molar-refractivity contribution in [3.63, 3.8) is 0 Å².